The van der Waals surface area contributed by atoms with E-state index in [4.69, 9.17) is 4.74 Å². The van der Waals surface area contributed by atoms with Gasteiger partial charge in [-0.25, -0.2) is 13.1 Å². The lowest BCUT2D eigenvalue weighted by Crippen LogP contribution is -2.52. The lowest BCUT2D eigenvalue weighted by molar-refractivity contribution is 0.122. The first-order valence-electron chi connectivity index (χ1n) is 6.47. The van der Waals surface area contributed by atoms with Gasteiger partial charge in [0.2, 0.25) is 10.0 Å². The molecule has 1 aliphatic heterocycles. The Kier molecular flexibility index (Phi) is 5.19. The summed E-state index contributed by atoms with van der Waals surface area (Å²) in [5.74, 6) is 0. The van der Waals surface area contributed by atoms with E-state index < -0.39 is 10.0 Å². The molecular weight excluding hydrogens is 344 g/mol. The fourth-order valence-electron chi connectivity index (χ4n) is 2.40. The van der Waals surface area contributed by atoms with Crippen LogP contribution in [0.1, 0.15) is 12.8 Å². The largest absolute Gasteiger partial charge is 0.383 e. The van der Waals surface area contributed by atoms with Gasteiger partial charge < -0.3 is 10.1 Å². The van der Waals surface area contributed by atoms with Crippen LogP contribution in [0.5, 0.6) is 0 Å². The van der Waals surface area contributed by atoms with Gasteiger partial charge in [-0.2, -0.15) is 0 Å². The SMILES string of the molecule is COCC1(CNS(=O)(=O)c2ccc(Br)cc2)CCCN1. The third-order valence-corrected chi connectivity index (χ3v) is 5.42. The van der Waals surface area contributed by atoms with Gasteiger partial charge in [0.05, 0.1) is 17.0 Å². The molecule has 1 fully saturated rings. The van der Waals surface area contributed by atoms with Crippen LogP contribution in [0, 0.1) is 0 Å². The molecule has 5 nitrogen and oxygen atoms in total. The average Bonchev–Trinajstić information content (AvgIpc) is 2.87. The van der Waals surface area contributed by atoms with E-state index in [-0.39, 0.29) is 10.4 Å². The van der Waals surface area contributed by atoms with E-state index in [1.165, 1.54) is 0 Å². The van der Waals surface area contributed by atoms with Crippen LogP contribution in [0.3, 0.4) is 0 Å². The predicted octanol–water partition coefficient (Wildman–Crippen LogP) is 1.50. The summed E-state index contributed by atoms with van der Waals surface area (Å²) < 4.78 is 33.2. The first-order chi connectivity index (χ1) is 9.47. The number of hydrogen-bond donors (Lipinski definition) is 2. The van der Waals surface area contributed by atoms with Crippen molar-refractivity contribution in [2.24, 2.45) is 0 Å². The van der Waals surface area contributed by atoms with Crippen LogP contribution in [0.15, 0.2) is 33.6 Å². The van der Waals surface area contributed by atoms with E-state index >= 15 is 0 Å². The van der Waals surface area contributed by atoms with E-state index in [9.17, 15) is 8.42 Å². The third-order valence-electron chi connectivity index (χ3n) is 3.48. The number of hydrogen-bond acceptors (Lipinski definition) is 4. The van der Waals surface area contributed by atoms with Crippen LogP contribution in [-0.4, -0.2) is 40.8 Å². The molecule has 1 heterocycles. The molecule has 1 aromatic rings. The second-order valence-corrected chi connectivity index (χ2v) is 7.70. The molecule has 1 saturated heterocycles. The molecule has 112 valence electrons. The van der Waals surface area contributed by atoms with Crippen molar-refractivity contribution in [3.63, 3.8) is 0 Å². The van der Waals surface area contributed by atoms with Crippen LogP contribution in [0.25, 0.3) is 0 Å². The van der Waals surface area contributed by atoms with Crippen LogP contribution < -0.4 is 10.0 Å². The van der Waals surface area contributed by atoms with Crippen molar-refractivity contribution in [3.8, 4) is 0 Å². The first-order valence-corrected chi connectivity index (χ1v) is 8.74. The highest BCUT2D eigenvalue weighted by Crippen LogP contribution is 2.20. The molecule has 1 aromatic carbocycles. The maximum atomic E-state index is 12.3. The molecule has 1 atom stereocenters. The van der Waals surface area contributed by atoms with Crippen molar-refractivity contribution in [1.29, 1.82) is 0 Å². The molecule has 2 N–H and O–H groups in total. The van der Waals surface area contributed by atoms with E-state index in [0.717, 1.165) is 23.9 Å². The molecule has 0 aromatic heterocycles. The Hall–Kier alpha value is -0.470. The van der Waals surface area contributed by atoms with Crippen LogP contribution in [0.4, 0.5) is 0 Å². The molecule has 0 saturated carbocycles. The monoisotopic (exact) mass is 362 g/mol. The maximum absolute atomic E-state index is 12.3. The number of benzene rings is 1. The van der Waals surface area contributed by atoms with Crippen LogP contribution >= 0.6 is 15.9 Å². The minimum atomic E-state index is -3.49. The molecular formula is C13H19BrN2O3S. The molecule has 0 spiro atoms. The smallest absolute Gasteiger partial charge is 0.240 e. The molecule has 0 aliphatic carbocycles. The third kappa shape index (κ3) is 3.79. The Balaban J connectivity index is 2.06. The van der Waals surface area contributed by atoms with Gasteiger partial charge in [0.25, 0.3) is 0 Å². The van der Waals surface area contributed by atoms with Gasteiger partial charge in [-0.15, -0.1) is 0 Å². The van der Waals surface area contributed by atoms with Crippen molar-refractivity contribution >= 4 is 26.0 Å². The molecule has 2 rings (SSSR count). The number of methoxy groups -OCH3 is 1. The van der Waals surface area contributed by atoms with Gasteiger partial charge in [0.1, 0.15) is 0 Å². The highest BCUT2D eigenvalue weighted by Gasteiger charge is 2.34. The summed E-state index contributed by atoms with van der Waals surface area (Å²) in [6.07, 6.45) is 1.94. The van der Waals surface area contributed by atoms with Crippen molar-refractivity contribution in [1.82, 2.24) is 10.0 Å². The highest BCUT2D eigenvalue weighted by atomic mass is 79.9. The molecule has 20 heavy (non-hydrogen) atoms. The zero-order chi connectivity index (χ0) is 14.6. The van der Waals surface area contributed by atoms with E-state index in [2.05, 4.69) is 26.0 Å². The van der Waals surface area contributed by atoms with Crippen LogP contribution in [-0.2, 0) is 14.8 Å². The minimum Gasteiger partial charge on any atom is -0.383 e. The number of ether oxygens (including phenoxy) is 1. The average molecular weight is 363 g/mol. The van der Waals surface area contributed by atoms with E-state index in [0.29, 0.717) is 13.2 Å². The zero-order valence-electron chi connectivity index (χ0n) is 11.4. The van der Waals surface area contributed by atoms with Crippen molar-refractivity contribution < 1.29 is 13.2 Å². The van der Waals surface area contributed by atoms with E-state index in [1.807, 2.05) is 0 Å². The Morgan fingerprint density at radius 2 is 2.10 bits per heavy atom. The number of rotatable bonds is 6. The Labute approximate surface area is 128 Å². The summed E-state index contributed by atoms with van der Waals surface area (Å²) in [7, 11) is -1.86. The van der Waals surface area contributed by atoms with Gasteiger partial charge in [-0.05, 0) is 43.7 Å². The lowest BCUT2D eigenvalue weighted by Gasteiger charge is -2.28. The molecule has 0 radical (unpaired) electrons. The Bertz CT molecular complexity index is 539. The minimum absolute atomic E-state index is 0.270. The van der Waals surface area contributed by atoms with Crippen molar-refractivity contribution in [2.45, 2.75) is 23.3 Å². The zero-order valence-corrected chi connectivity index (χ0v) is 13.8. The maximum Gasteiger partial charge on any atom is 0.240 e. The van der Waals surface area contributed by atoms with Crippen molar-refractivity contribution in [3.05, 3.63) is 28.7 Å². The first kappa shape index (κ1) is 15.9. The van der Waals surface area contributed by atoms with Gasteiger partial charge in [-0.1, -0.05) is 15.9 Å². The molecule has 1 unspecified atom stereocenters. The summed E-state index contributed by atoms with van der Waals surface area (Å²) in [6, 6.07) is 6.59. The number of halogens is 1. The predicted molar refractivity (Wildman–Crippen MR) is 81.2 cm³/mol. The summed E-state index contributed by atoms with van der Waals surface area (Å²) >= 11 is 3.29. The topological polar surface area (TPSA) is 67.4 Å². The molecule has 0 bridgehead atoms. The van der Waals surface area contributed by atoms with Gasteiger partial charge >= 0.3 is 0 Å². The normalized spacial score (nSPS) is 23.1. The summed E-state index contributed by atoms with van der Waals surface area (Å²) in [5.41, 5.74) is -0.294. The Morgan fingerprint density at radius 1 is 1.40 bits per heavy atom. The molecule has 7 heteroatoms. The molecule has 1 aliphatic rings. The van der Waals surface area contributed by atoms with Crippen molar-refractivity contribution in [2.75, 3.05) is 26.8 Å². The van der Waals surface area contributed by atoms with Gasteiger partial charge in [0, 0.05) is 18.1 Å². The molecule has 0 amide bonds. The lowest BCUT2D eigenvalue weighted by atomic mass is 9.99. The summed E-state index contributed by atoms with van der Waals surface area (Å²) in [5, 5.41) is 3.34. The quantitative estimate of drug-likeness (QED) is 0.804. The van der Waals surface area contributed by atoms with Crippen LogP contribution in [0.2, 0.25) is 0 Å². The number of nitrogens with one attached hydrogen (secondary N) is 2. The standard InChI is InChI=1S/C13H19BrN2O3S/c1-19-10-13(7-2-8-15-13)9-16-20(17,18)12-5-3-11(14)4-6-12/h3-6,15-16H,2,7-10H2,1H3. The second-order valence-electron chi connectivity index (χ2n) is 5.02. The number of sulfonamides is 1. The fraction of sp³-hybridized carbons (Fsp3) is 0.538. The fourth-order valence-corrected chi connectivity index (χ4v) is 3.79. The van der Waals surface area contributed by atoms with Gasteiger partial charge in [-0.3, -0.25) is 0 Å². The second kappa shape index (κ2) is 6.53. The highest BCUT2D eigenvalue weighted by molar-refractivity contribution is 9.10. The summed E-state index contributed by atoms with van der Waals surface area (Å²) in [4.78, 5) is 0.270. The van der Waals surface area contributed by atoms with E-state index in [1.54, 1.807) is 31.4 Å². The van der Waals surface area contributed by atoms with Gasteiger partial charge in [0.15, 0.2) is 0 Å². The summed E-state index contributed by atoms with van der Waals surface area (Å²) in [6.45, 7) is 1.72. The Morgan fingerprint density at radius 3 is 2.65 bits per heavy atom.